The molecular formula is C18H31N5. The number of hydrogen-bond donors (Lipinski definition) is 2. The third-order valence-corrected chi connectivity index (χ3v) is 4.40. The van der Waals surface area contributed by atoms with Crippen LogP contribution < -0.4 is 10.6 Å². The van der Waals surface area contributed by atoms with E-state index in [-0.39, 0.29) is 0 Å². The van der Waals surface area contributed by atoms with E-state index in [0.29, 0.717) is 0 Å². The number of nitrogens with zero attached hydrogens (tertiary/aromatic N) is 3. The number of nitrogens with one attached hydrogen (secondary N) is 2. The molecule has 0 aliphatic carbocycles. The van der Waals surface area contributed by atoms with Crippen molar-refractivity contribution >= 4 is 5.96 Å². The number of likely N-dealkylation sites (N-methyl/N-ethyl adjacent to an activating group) is 1. The summed E-state index contributed by atoms with van der Waals surface area (Å²) in [5.41, 5.74) is 2.57. The lowest BCUT2D eigenvalue weighted by Gasteiger charge is -2.34. The Kier molecular flexibility index (Phi) is 7.36. The standard InChI is InChI=1S/C18H31N5/c1-4-22-10-12-23(13-11-22)9-8-20-18(19-3)21-15-17-7-5-6-16(2)14-17/h5-7,14H,4,8-13,15H2,1-3H3,(H2,19,20,21). The van der Waals surface area contributed by atoms with Crippen molar-refractivity contribution in [3.05, 3.63) is 35.4 Å². The van der Waals surface area contributed by atoms with Crippen LogP contribution in [0.1, 0.15) is 18.1 Å². The molecule has 1 aliphatic rings. The second-order valence-corrected chi connectivity index (χ2v) is 6.12. The Balaban J connectivity index is 1.65. The topological polar surface area (TPSA) is 42.9 Å². The largest absolute Gasteiger partial charge is 0.355 e. The van der Waals surface area contributed by atoms with Crippen LogP contribution in [0.25, 0.3) is 0 Å². The van der Waals surface area contributed by atoms with Crippen LogP contribution in [0.5, 0.6) is 0 Å². The lowest BCUT2D eigenvalue weighted by atomic mass is 10.1. The molecule has 0 saturated carbocycles. The van der Waals surface area contributed by atoms with Crippen LogP contribution in [0.15, 0.2) is 29.3 Å². The van der Waals surface area contributed by atoms with Gasteiger partial charge in [-0.25, -0.2) is 0 Å². The molecule has 0 bridgehead atoms. The lowest BCUT2D eigenvalue weighted by molar-refractivity contribution is 0.139. The van der Waals surface area contributed by atoms with Gasteiger partial charge in [0.2, 0.25) is 0 Å². The lowest BCUT2D eigenvalue weighted by Crippen LogP contribution is -2.49. The molecule has 1 fully saturated rings. The molecule has 5 heteroatoms. The summed E-state index contributed by atoms with van der Waals surface area (Å²) in [6.07, 6.45) is 0. The molecule has 1 aromatic carbocycles. The molecule has 1 aliphatic heterocycles. The zero-order valence-corrected chi connectivity index (χ0v) is 14.8. The first-order valence-electron chi connectivity index (χ1n) is 8.66. The fourth-order valence-corrected chi connectivity index (χ4v) is 2.89. The molecule has 0 atom stereocenters. The highest BCUT2D eigenvalue weighted by Crippen LogP contribution is 2.03. The van der Waals surface area contributed by atoms with Crippen LogP contribution in [0.3, 0.4) is 0 Å². The van der Waals surface area contributed by atoms with Gasteiger partial charge in [-0.3, -0.25) is 9.89 Å². The Morgan fingerprint density at radius 1 is 1.13 bits per heavy atom. The summed E-state index contributed by atoms with van der Waals surface area (Å²) in [6.45, 7) is 13.1. The fourth-order valence-electron chi connectivity index (χ4n) is 2.89. The summed E-state index contributed by atoms with van der Waals surface area (Å²) < 4.78 is 0. The quantitative estimate of drug-likeness (QED) is 0.613. The highest BCUT2D eigenvalue weighted by molar-refractivity contribution is 5.79. The van der Waals surface area contributed by atoms with E-state index in [9.17, 15) is 0 Å². The number of aliphatic imine (C=N–C) groups is 1. The molecule has 1 saturated heterocycles. The monoisotopic (exact) mass is 317 g/mol. The summed E-state index contributed by atoms with van der Waals surface area (Å²) >= 11 is 0. The zero-order chi connectivity index (χ0) is 16.5. The molecule has 0 spiro atoms. The maximum absolute atomic E-state index is 4.30. The van der Waals surface area contributed by atoms with Crippen LogP contribution in [0, 0.1) is 6.92 Å². The number of aryl methyl sites for hydroxylation is 1. The highest BCUT2D eigenvalue weighted by atomic mass is 15.3. The number of guanidine groups is 1. The van der Waals surface area contributed by atoms with E-state index in [0.717, 1.165) is 25.6 Å². The molecule has 128 valence electrons. The minimum absolute atomic E-state index is 0.802. The van der Waals surface area contributed by atoms with Crippen LogP contribution >= 0.6 is 0 Å². The molecule has 2 N–H and O–H groups in total. The Morgan fingerprint density at radius 2 is 1.87 bits per heavy atom. The summed E-state index contributed by atoms with van der Waals surface area (Å²) in [6, 6.07) is 8.56. The predicted octanol–water partition coefficient (Wildman–Crippen LogP) is 1.30. The molecule has 0 aromatic heterocycles. The van der Waals surface area contributed by atoms with Gasteiger partial charge in [-0.1, -0.05) is 36.8 Å². The van der Waals surface area contributed by atoms with Gasteiger partial charge in [-0.2, -0.15) is 0 Å². The Morgan fingerprint density at radius 3 is 2.52 bits per heavy atom. The van der Waals surface area contributed by atoms with Crippen molar-refractivity contribution < 1.29 is 0 Å². The first-order chi connectivity index (χ1) is 11.2. The summed E-state index contributed by atoms with van der Waals surface area (Å²) in [4.78, 5) is 9.33. The first-order valence-corrected chi connectivity index (χ1v) is 8.66. The van der Waals surface area contributed by atoms with Gasteiger partial charge in [0, 0.05) is 52.9 Å². The van der Waals surface area contributed by atoms with Crippen LogP contribution in [0.4, 0.5) is 0 Å². The van der Waals surface area contributed by atoms with Gasteiger partial charge in [0.1, 0.15) is 0 Å². The SMILES string of the molecule is CCN1CCN(CCNC(=NC)NCc2cccc(C)c2)CC1. The van der Waals surface area contributed by atoms with Gasteiger partial charge in [-0.15, -0.1) is 0 Å². The second kappa shape index (κ2) is 9.53. The maximum Gasteiger partial charge on any atom is 0.191 e. The van der Waals surface area contributed by atoms with Gasteiger partial charge in [0.15, 0.2) is 5.96 Å². The molecule has 1 aromatic rings. The van der Waals surface area contributed by atoms with Gasteiger partial charge >= 0.3 is 0 Å². The van der Waals surface area contributed by atoms with E-state index in [1.807, 2.05) is 7.05 Å². The van der Waals surface area contributed by atoms with Crippen molar-refractivity contribution in [1.29, 1.82) is 0 Å². The first kappa shape index (κ1) is 17.8. The maximum atomic E-state index is 4.30. The van der Waals surface area contributed by atoms with Crippen molar-refractivity contribution in [3.8, 4) is 0 Å². The summed E-state index contributed by atoms with van der Waals surface area (Å²) in [7, 11) is 1.82. The minimum Gasteiger partial charge on any atom is -0.355 e. The van der Waals surface area contributed by atoms with E-state index in [2.05, 4.69) is 63.5 Å². The number of hydrogen-bond acceptors (Lipinski definition) is 3. The van der Waals surface area contributed by atoms with Crippen molar-refractivity contribution in [1.82, 2.24) is 20.4 Å². The number of piperazine rings is 1. The van der Waals surface area contributed by atoms with Crippen molar-refractivity contribution in [3.63, 3.8) is 0 Å². The molecule has 1 heterocycles. The molecule has 0 unspecified atom stereocenters. The molecular weight excluding hydrogens is 286 g/mol. The molecule has 0 radical (unpaired) electrons. The van der Waals surface area contributed by atoms with Crippen LogP contribution in [-0.4, -0.2) is 68.6 Å². The van der Waals surface area contributed by atoms with E-state index in [1.54, 1.807) is 0 Å². The number of benzene rings is 1. The Bertz CT molecular complexity index is 492. The smallest absolute Gasteiger partial charge is 0.191 e. The zero-order valence-electron chi connectivity index (χ0n) is 14.8. The van der Waals surface area contributed by atoms with Crippen LogP contribution in [-0.2, 0) is 6.54 Å². The molecule has 2 rings (SSSR count). The van der Waals surface area contributed by atoms with Gasteiger partial charge in [0.05, 0.1) is 0 Å². The Labute approximate surface area is 140 Å². The van der Waals surface area contributed by atoms with E-state index in [1.165, 1.54) is 43.9 Å². The van der Waals surface area contributed by atoms with Gasteiger partial charge < -0.3 is 15.5 Å². The normalized spacial score (nSPS) is 17.3. The number of rotatable bonds is 6. The van der Waals surface area contributed by atoms with Gasteiger partial charge in [-0.05, 0) is 19.0 Å². The van der Waals surface area contributed by atoms with E-state index in [4.69, 9.17) is 0 Å². The van der Waals surface area contributed by atoms with Crippen molar-refractivity contribution in [2.24, 2.45) is 4.99 Å². The second-order valence-electron chi connectivity index (χ2n) is 6.12. The molecule has 0 amide bonds. The van der Waals surface area contributed by atoms with Crippen molar-refractivity contribution in [2.45, 2.75) is 20.4 Å². The molecule has 23 heavy (non-hydrogen) atoms. The Hall–Kier alpha value is -1.59. The third-order valence-electron chi connectivity index (χ3n) is 4.40. The average Bonchev–Trinajstić information content (AvgIpc) is 2.58. The van der Waals surface area contributed by atoms with Crippen LogP contribution in [0.2, 0.25) is 0 Å². The predicted molar refractivity (Wildman–Crippen MR) is 97.9 cm³/mol. The van der Waals surface area contributed by atoms with E-state index >= 15 is 0 Å². The minimum atomic E-state index is 0.802. The van der Waals surface area contributed by atoms with Crippen molar-refractivity contribution in [2.75, 3.05) is 52.9 Å². The highest BCUT2D eigenvalue weighted by Gasteiger charge is 2.14. The van der Waals surface area contributed by atoms with Gasteiger partial charge in [0.25, 0.3) is 0 Å². The average molecular weight is 317 g/mol. The fraction of sp³-hybridized carbons (Fsp3) is 0.611. The van der Waals surface area contributed by atoms with E-state index < -0.39 is 0 Å². The summed E-state index contributed by atoms with van der Waals surface area (Å²) in [5, 5.41) is 6.79. The third kappa shape index (κ3) is 6.20. The summed E-state index contributed by atoms with van der Waals surface area (Å²) in [5.74, 6) is 0.874. The molecule has 5 nitrogen and oxygen atoms in total.